The van der Waals surface area contributed by atoms with Crippen molar-refractivity contribution in [2.24, 2.45) is 0 Å². The molecule has 0 saturated heterocycles. The highest BCUT2D eigenvalue weighted by Gasteiger charge is 2.16. The Balaban J connectivity index is 1.90. The minimum absolute atomic E-state index is 0.154. The van der Waals surface area contributed by atoms with Crippen molar-refractivity contribution in [1.29, 1.82) is 0 Å². The van der Waals surface area contributed by atoms with Gasteiger partial charge in [0.05, 0.1) is 18.2 Å². The Bertz CT molecular complexity index is 782. The molecule has 2 N–H and O–H groups in total. The fraction of sp³-hybridized carbons (Fsp3) is 0.111. The largest absolute Gasteiger partial charge is 0.394 e. The number of rotatable bonds is 4. The summed E-state index contributed by atoms with van der Waals surface area (Å²) in [5.41, 5.74) is 2.20. The number of amides is 1. The van der Waals surface area contributed by atoms with Gasteiger partial charge in [0.2, 0.25) is 0 Å². The lowest BCUT2D eigenvalue weighted by molar-refractivity contribution is 0.0918. The SMILES string of the molecule is O=C(NC(CO)c1ccccc1)c1cccc2ncccc12. The normalized spacial score (nSPS) is 12.0. The van der Waals surface area contributed by atoms with Gasteiger partial charge in [0.1, 0.15) is 0 Å². The van der Waals surface area contributed by atoms with Crippen LogP contribution in [0.1, 0.15) is 22.0 Å². The van der Waals surface area contributed by atoms with E-state index < -0.39 is 6.04 Å². The van der Waals surface area contributed by atoms with Gasteiger partial charge in [0, 0.05) is 17.1 Å². The third-order valence-corrected chi connectivity index (χ3v) is 3.58. The molecule has 0 aliphatic rings. The van der Waals surface area contributed by atoms with Crippen molar-refractivity contribution < 1.29 is 9.90 Å². The van der Waals surface area contributed by atoms with Gasteiger partial charge in [0.25, 0.3) is 5.91 Å². The zero-order valence-corrected chi connectivity index (χ0v) is 11.9. The van der Waals surface area contributed by atoms with Crippen LogP contribution in [0.4, 0.5) is 0 Å². The molecule has 0 spiro atoms. The second-order valence-electron chi connectivity index (χ2n) is 4.99. The van der Waals surface area contributed by atoms with E-state index in [-0.39, 0.29) is 12.5 Å². The molecule has 0 aliphatic heterocycles. The van der Waals surface area contributed by atoms with Crippen LogP contribution in [0.2, 0.25) is 0 Å². The summed E-state index contributed by atoms with van der Waals surface area (Å²) in [7, 11) is 0. The van der Waals surface area contributed by atoms with E-state index in [1.807, 2.05) is 42.5 Å². The number of aliphatic hydroxyl groups is 1. The molecule has 1 heterocycles. The summed E-state index contributed by atoms with van der Waals surface area (Å²) in [4.78, 5) is 16.8. The van der Waals surface area contributed by atoms with E-state index in [1.165, 1.54) is 0 Å². The van der Waals surface area contributed by atoms with Crippen LogP contribution < -0.4 is 5.32 Å². The summed E-state index contributed by atoms with van der Waals surface area (Å²) in [6, 6.07) is 18.1. The first-order valence-electron chi connectivity index (χ1n) is 7.10. The van der Waals surface area contributed by atoms with Gasteiger partial charge in [-0.2, -0.15) is 0 Å². The molecule has 1 atom stereocenters. The van der Waals surface area contributed by atoms with Gasteiger partial charge in [-0.1, -0.05) is 42.5 Å². The summed E-state index contributed by atoms with van der Waals surface area (Å²) in [6.07, 6.45) is 1.70. The van der Waals surface area contributed by atoms with Gasteiger partial charge in [-0.15, -0.1) is 0 Å². The molecule has 0 aliphatic carbocycles. The fourth-order valence-electron chi connectivity index (χ4n) is 2.46. The van der Waals surface area contributed by atoms with Crippen LogP contribution in [0.5, 0.6) is 0 Å². The molecular weight excluding hydrogens is 276 g/mol. The van der Waals surface area contributed by atoms with Crippen molar-refractivity contribution >= 4 is 16.8 Å². The van der Waals surface area contributed by atoms with Gasteiger partial charge in [0.15, 0.2) is 0 Å². The molecule has 1 unspecified atom stereocenters. The third kappa shape index (κ3) is 2.82. The molecular formula is C18H16N2O2. The molecule has 0 bridgehead atoms. The number of nitrogens with zero attached hydrogens (tertiary/aromatic N) is 1. The van der Waals surface area contributed by atoms with Gasteiger partial charge in [-0.05, 0) is 23.8 Å². The zero-order chi connectivity index (χ0) is 15.4. The Labute approximate surface area is 128 Å². The molecule has 4 heteroatoms. The first-order chi connectivity index (χ1) is 10.8. The van der Waals surface area contributed by atoms with Crippen molar-refractivity contribution in [3.8, 4) is 0 Å². The van der Waals surface area contributed by atoms with E-state index in [0.29, 0.717) is 5.56 Å². The Morgan fingerprint density at radius 2 is 1.86 bits per heavy atom. The van der Waals surface area contributed by atoms with Crippen LogP contribution >= 0.6 is 0 Å². The molecule has 0 saturated carbocycles. The van der Waals surface area contributed by atoms with Crippen LogP contribution in [0.3, 0.4) is 0 Å². The molecule has 110 valence electrons. The molecule has 3 rings (SSSR count). The monoisotopic (exact) mass is 292 g/mol. The smallest absolute Gasteiger partial charge is 0.252 e. The zero-order valence-electron chi connectivity index (χ0n) is 11.9. The van der Waals surface area contributed by atoms with Gasteiger partial charge >= 0.3 is 0 Å². The molecule has 0 fully saturated rings. The van der Waals surface area contributed by atoms with Crippen LogP contribution in [-0.2, 0) is 0 Å². The predicted molar refractivity (Wildman–Crippen MR) is 85.5 cm³/mol. The first-order valence-corrected chi connectivity index (χ1v) is 7.10. The van der Waals surface area contributed by atoms with Crippen molar-refractivity contribution in [1.82, 2.24) is 10.3 Å². The molecule has 2 aromatic carbocycles. The van der Waals surface area contributed by atoms with E-state index in [2.05, 4.69) is 10.3 Å². The Morgan fingerprint density at radius 1 is 1.05 bits per heavy atom. The number of aromatic nitrogens is 1. The Kier molecular flexibility index (Phi) is 4.12. The summed E-state index contributed by atoms with van der Waals surface area (Å²) < 4.78 is 0. The number of benzene rings is 2. The number of fused-ring (bicyclic) bond motifs is 1. The van der Waals surface area contributed by atoms with Crippen LogP contribution in [-0.4, -0.2) is 22.6 Å². The molecule has 1 aromatic heterocycles. The minimum atomic E-state index is -0.430. The summed E-state index contributed by atoms with van der Waals surface area (Å²) >= 11 is 0. The highest BCUT2D eigenvalue weighted by Crippen LogP contribution is 2.18. The predicted octanol–water partition coefficient (Wildman–Crippen LogP) is 2.70. The minimum Gasteiger partial charge on any atom is -0.394 e. The maximum absolute atomic E-state index is 12.6. The standard InChI is InChI=1S/C18H16N2O2/c21-12-17(13-6-2-1-3-7-13)20-18(22)15-8-4-10-16-14(15)9-5-11-19-16/h1-11,17,21H,12H2,(H,20,22). The van der Waals surface area contributed by atoms with Crippen molar-refractivity contribution in [2.45, 2.75) is 6.04 Å². The first kappa shape index (κ1) is 14.2. The maximum Gasteiger partial charge on any atom is 0.252 e. The molecule has 3 aromatic rings. The second-order valence-corrected chi connectivity index (χ2v) is 4.99. The quantitative estimate of drug-likeness (QED) is 0.777. The third-order valence-electron chi connectivity index (χ3n) is 3.58. The highest BCUT2D eigenvalue weighted by molar-refractivity contribution is 6.06. The summed E-state index contributed by atoms with van der Waals surface area (Å²) in [6.45, 7) is -0.154. The van der Waals surface area contributed by atoms with E-state index >= 15 is 0 Å². The lowest BCUT2D eigenvalue weighted by Crippen LogP contribution is -2.30. The highest BCUT2D eigenvalue weighted by atomic mass is 16.3. The van der Waals surface area contributed by atoms with Crippen molar-refractivity contribution in [2.75, 3.05) is 6.61 Å². The van der Waals surface area contributed by atoms with Crippen LogP contribution in [0.15, 0.2) is 66.9 Å². The molecule has 4 nitrogen and oxygen atoms in total. The van der Waals surface area contributed by atoms with Crippen molar-refractivity contribution in [3.05, 3.63) is 78.0 Å². The second kappa shape index (κ2) is 6.37. The number of pyridine rings is 1. The van der Waals surface area contributed by atoms with E-state index in [0.717, 1.165) is 16.5 Å². The average Bonchev–Trinajstić information content (AvgIpc) is 2.59. The number of hydrogen-bond donors (Lipinski definition) is 2. The van der Waals surface area contributed by atoms with E-state index in [1.54, 1.807) is 24.4 Å². The number of carbonyl (C=O) groups is 1. The number of carbonyl (C=O) groups excluding carboxylic acids is 1. The fourth-order valence-corrected chi connectivity index (χ4v) is 2.46. The van der Waals surface area contributed by atoms with E-state index in [9.17, 15) is 9.90 Å². The number of hydrogen-bond acceptors (Lipinski definition) is 3. The summed E-state index contributed by atoms with van der Waals surface area (Å²) in [5, 5.41) is 13.2. The lowest BCUT2D eigenvalue weighted by atomic mass is 10.0. The molecule has 22 heavy (non-hydrogen) atoms. The van der Waals surface area contributed by atoms with Crippen LogP contribution in [0, 0.1) is 0 Å². The van der Waals surface area contributed by atoms with Gasteiger partial charge in [-0.25, -0.2) is 0 Å². The number of aliphatic hydroxyl groups excluding tert-OH is 1. The average molecular weight is 292 g/mol. The van der Waals surface area contributed by atoms with Crippen molar-refractivity contribution in [3.63, 3.8) is 0 Å². The van der Waals surface area contributed by atoms with Gasteiger partial charge < -0.3 is 10.4 Å². The van der Waals surface area contributed by atoms with Gasteiger partial charge in [-0.3, -0.25) is 9.78 Å². The molecule has 1 amide bonds. The van der Waals surface area contributed by atoms with E-state index in [4.69, 9.17) is 0 Å². The summed E-state index contributed by atoms with van der Waals surface area (Å²) in [5.74, 6) is -0.221. The Morgan fingerprint density at radius 3 is 2.64 bits per heavy atom. The lowest BCUT2D eigenvalue weighted by Gasteiger charge is -2.17. The van der Waals surface area contributed by atoms with Crippen LogP contribution in [0.25, 0.3) is 10.9 Å². The number of nitrogens with one attached hydrogen (secondary N) is 1. The maximum atomic E-state index is 12.6. The topological polar surface area (TPSA) is 62.2 Å². The molecule has 0 radical (unpaired) electrons. The Hall–Kier alpha value is -2.72.